The first-order chi connectivity index (χ1) is 8.34. The van der Waals surface area contributed by atoms with Gasteiger partial charge in [-0.1, -0.05) is 6.07 Å². The SMILES string of the molecule is Cc1nc(N2CCCC2)ccc1[C@@H]1CCCN1. The summed E-state index contributed by atoms with van der Waals surface area (Å²) in [7, 11) is 0. The Balaban J connectivity index is 1.82. The van der Waals surface area contributed by atoms with E-state index in [1.165, 1.54) is 55.8 Å². The van der Waals surface area contributed by atoms with E-state index in [0.29, 0.717) is 6.04 Å². The number of aromatic nitrogens is 1. The van der Waals surface area contributed by atoms with Crippen LogP contribution >= 0.6 is 0 Å². The highest BCUT2D eigenvalue weighted by Crippen LogP contribution is 2.27. The average molecular weight is 231 g/mol. The van der Waals surface area contributed by atoms with Gasteiger partial charge in [-0.3, -0.25) is 0 Å². The monoisotopic (exact) mass is 231 g/mol. The van der Waals surface area contributed by atoms with Gasteiger partial charge in [0.25, 0.3) is 0 Å². The van der Waals surface area contributed by atoms with Crippen molar-refractivity contribution < 1.29 is 0 Å². The summed E-state index contributed by atoms with van der Waals surface area (Å²) >= 11 is 0. The van der Waals surface area contributed by atoms with Crippen LogP contribution in [0.5, 0.6) is 0 Å². The summed E-state index contributed by atoms with van der Waals surface area (Å²) in [6.45, 7) is 5.65. The fourth-order valence-electron chi connectivity index (χ4n) is 3.00. The topological polar surface area (TPSA) is 28.2 Å². The molecule has 1 aromatic heterocycles. The fourth-order valence-corrected chi connectivity index (χ4v) is 3.00. The molecule has 1 N–H and O–H groups in total. The van der Waals surface area contributed by atoms with Crippen molar-refractivity contribution in [1.29, 1.82) is 0 Å². The Morgan fingerprint density at radius 1 is 1.24 bits per heavy atom. The fraction of sp³-hybridized carbons (Fsp3) is 0.643. The van der Waals surface area contributed by atoms with Gasteiger partial charge in [-0.2, -0.15) is 0 Å². The molecule has 2 fully saturated rings. The summed E-state index contributed by atoms with van der Waals surface area (Å²) in [5.41, 5.74) is 2.60. The van der Waals surface area contributed by atoms with Crippen molar-refractivity contribution in [2.45, 2.75) is 38.6 Å². The Morgan fingerprint density at radius 2 is 2.06 bits per heavy atom. The van der Waals surface area contributed by atoms with E-state index in [-0.39, 0.29) is 0 Å². The normalized spacial score (nSPS) is 24.5. The number of aryl methyl sites for hydroxylation is 1. The maximum Gasteiger partial charge on any atom is 0.128 e. The van der Waals surface area contributed by atoms with Crippen molar-refractivity contribution >= 4 is 5.82 Å². The summed E-state index contributed by atoms with van der Waals surface area (Å²) < 4.78 is 0. The van der Waals surface area contributed by atoms with E-state index in [2.05, 4.69) is 29.3 Å². The van der Waals surface area contributed by atoms with Crippen LogP contribution in [-0.2, 0) is 0 Å². The summed E-state index contributed by atoms with van der Waals surface area (Å²) in [6, 6.07) is 5.02. The average Bonchev–Trinajstić information content (AvgIpc) is 3.02. The number of pyridine rings is 1. The Kier molecular flexibility index (Phi) is 3.02. The first-order valence-corrected chi connectivity index (χ1v) is 6.80. The molecule has 2 aliphatic heterocycles. The molecular weight excluding hydrogens is 210 g/mol. The molecule has 1 aromatic rings. The van der Waals surface area contributed by atoms with Crippen molar-refractivity contribution in [2.24, 2.45) is 0 Å². The highest BCUT2D eigenvalue weighted by molar-refractivity contribution is 5.43. The third kappa shape index (κ3) is 2.16. The molecular formula is C14H21N3. The van der Waals surface area contributed by atoms with E-state index in [1.807, 2.05) is 0 Å². The molecule has 17 heavy (non-hydrogen) atoms. The molecule has 0 saturated carbocycles. The quantitative estimate of drug-likeness (QED) is 0.847. The van der Waals surface area contributed by atoms with Gasteiger partial charge in [0.2, 0.25) is 0 Å². The van der Waals surface area contributed by atoms with E-state index in [0.717, 1.165) is 6.54 Å². The number of rotatable bonds is 2. The Hall–Kier alpha value is -1.09. The zero-order chi connectivity index (χ0) is 11.7. The Labute approximate surface area is 103 Å². The van der Waals surface area contributed by atoms with Gasteiger partial charge in [0.1, 0.15) is 5.82 Å². The van der Waals surface area contributed by atoms with E-state index < -0.39 is 0 Å². The third-order valence-corrected chi connectivity index (χ3v) is 3.98. The van der Waals surface area contributed by atoms with Crippen molar-refractivity contribution in [3.8, 4) is 0 Å². The maximum atomic E-state index is 4.79. The smallest absolute Gasteiger partial charge is 0.128 e. The molecule has 0 bridgehead atoms. The van der Waals surface area contributed by atoms with Crippen LogP contribution < -0.4 is 10.2 Å². The molecule has 0 amide bonds. The van der Waals surface area contributed by atoms with Gasteiger partial charge >= 0.3 is 0 Å². The predicted molar refractivity (Wildman–Crippen MR) is 70.4 cm³/mol. The summed E-state index contributed by atoms with van der Waals surface area (Å²) in [6.07, 6.45) is 5.17. The Bertz CT molecular complexity index is 390. The highest BCUT2D eigenvalue weighted by atomic mass is 15.2. The van der Waals surface area contributed by atoms with Crippen molar-refractivity contribution in [2.75, 3.05) is 24.5 Å². The summed E-state index contributed by atoms with van der Waals surface area (Å²) in [5, 5.41) is 3.55. The van der Waals surface area contributed by atoms with Gasteiger partial charge in [0.05, 0.1) is 0 Å². The van der Waals surface area contributed by atoms with Gasteiger partial charge in [0.15, 0.2) is 0 Å². The molecule has 3 rings (SSSR count). The first-order valence-electron chi connectivity index (χ1n) is 6.80. The molecule has 0 unspecified atom stereocenters. The van der Waals surface area contributed by atoms with Crippen LogP contribution in [0.25, 0.3) is 0 Å². The van der Waals surface area contributed by atoms with Crippen LogP contribution in [0.1, 0.15) is 43.0 Å². The predicted octanol–water partition coefficient (Wildman–Crippen LogP) is 2.41. The summed E-state index contributed by atoms with van der Waals surface area (Å²) in [5.74, 6) is 1.17. The van der Waals surface area contributed by atoms with Crippen LogP contribution in [0.2, 0.25) is 0 Å². The minimum absolute atomic E-state index is 0.537. The summed E-state index contributed by atoms with van der Waals surface area (Å²) in [4.78, 5) is 7.19. The lowest BCUT2D eigenvalue weighted by molar-refractivity contribution is 0.639. The molecule has 2 aliphatic rings. The standard InChI is InChI=1S/C14H21N3/c1-11-12(13-5-4-8-15-13)6-7-14(16-11)17-9-2-3-10-17/h6-7,13,15H,2-5,8-10H2,1H3/t13-/m0/s1. The van der Waals surface area contributed by atoms with Crippen molar-refractivity contribution in [1.82, 2.24) is 10.3 Å². The lowest BCUT2D eigenvalue weighted by atomic mass is 10.0. The number of hydrogen-bond acceptors (Lipinski definition) is 3. The van der Waals surface area contributed by atoms with E-state index in [1.54, 1.807) is 0 Å². The number of hydrogen-bond donors (Lipinski definition) is 1. The molecule has 0 aliphatic carbocycles. The first kappa shape index (κ1) is 11.0. The van der Waals surface area contributed by atoms with Crippen LogP contribution in [0.3, 0.4) is 0 Å². The highest BCUT2D eigenvalue weighted by Gasteiger charge is 2.20. The van der Waals surface area contributed by atoms with Crippen molar-refractivity contribution in [3.05, 3.63) is 23.4 Å². The zero-order valence-corrected chi connectivity index (χ0v) is 10.6. The zero-order valence-electron chi connectivity index (χ0n) is 10.6. The van der Waals surface area contributed by atoms with E-state index in [4.69, 9.17) is 4.98 Å². The molecule has 2 saturated heterocycles. The number of anilines is 1. The van der Waals surface area contributed by atoms with Gasteiger partial charge in [0, 0.05) is 24.8 Å². The van der Waals surface area contributed by atoms with Crippen LogP contribution in [0.4, 0.5) is 5.82 Å². The molecule has 92 valence electrons. The maximum absolute atomic E-state index is 4.79. The molecule has 0 radical (unpaired) electrons. The second kappa shape index (κ2) is 4.65. The third-order valence-electron chi connectivity index (χ3n) is 3.98. The second-order valence-corrected chi connectivity index (χ2v) is 5.19. The lowest BCUT2D eigenvalue weighted by Crippen LogP contribution is -2.20. The minimum Gasteiger partial charge on any atom is -0.357 e. The molecule has 1 atom stereocenters. The van der Waals surface area contributed by atoms with Crippen LogP contribution in [0.15, 0.2) is 12.1 Å². The van der Waals surface area contributed by atoms with Gasteiger partial charge in [-0.05, 0) is 50.8 Å². The van der Waals surface area contributed by atoms with Crippen LogP contribution in [0, 0.1) is 6.92 Å². The van der Waals surface area contributed by atoms with Crippen LogP contribution in [-0.4, -0.2) is 24.6 Å². The molecule has 3 nitrogen and oxygen atoms in total. The molecule has 0 spiro atoms. The van der Waals surface area contributed by atoms with Gasteiger partial charge < -0.3 is 10.2 Å². The number of nitrogens with zero attached hydrogens (tertiary/aromatic N) is 2. The molecule has 3 heteroatoms. The lowest BCUT2D eigenvalue weighted by Gasteiger charge is -2.19. The van der Waals surface area contributed by atoms with Crippen molar-refractivity contribution in [3.63, 3.8) is 0 Å². The second-order valence-electron chi connectivity index (χ2n) is 5.19. The molecule has 0 aromatic carbocycles. The minimum atomic E-state index is 0.537. The Morgan fingerprint density at radius 3 is 2.71 bits per heavy atom. The van der Waals surface area contributed by atoms with Gasteiger partial charge in [-0.15, -0.1) is 0 Å². The van der Waals surface area contributed by atoms with E-state index >= 15 is 0 Å². The van der Waals surface area contributed by atoms with Gasteiger partial charge in [-0.25, -0.2) is 4.98 Å². The number of nitrogens with one attached hydrogen (secondary N) is 1. The largest absolute Gasteiger partial charge is 0.357 e. The molecule has 3 heterocycles. The van der Waals surface area contributed by atoms with E-state index in [9.17, 15) is 0 Å².